The fourth-order valence-electron chi connectivity index (χ4n) is 4.35. The van der Waals surface area contributed by atoms with Crippen molar-refractivity contribution in [1.82, 2.24) is 24.7 Å². The molecule has 226 valence electrons. The summed E-state index contributed by atoms with van der Waals surface area (Å²) in [4.78, 5) is 16.2. The van der Waals surface area contributed by atoms with Crippen LogP contribution in [-0.4, -0.2) is 82.1 Å². The molecule has 4 rings (SSSR count). The van der Waals surface area contributed by atoms with Crippen molar-refractivity contribution in [2.24, 2.45) is 5.92 Å². The van der Waals surface area contributed by atoms with E-state index >= 15 is 0 Å². The maximum atomic E-state index is 10.9. The Morgan fingerprint density at radius 2 is 1.57 bits per heavy atom. The first-order chi connectivity index (χ1) is 20.1. The monoisotopic (exact) mass is 578 g/mol. The van der Waals surface area contributed by atoms with Gasteiger partial charge in [0.05, 0.1) is 70.4 Å². The van der Waals surface area contributed by atoms with E-state index in [0.29, 0.717) is 46.7 Å². The first kappa shape index (κ1) is 31.1. The second kappa shape index (κ2) is 14.4. The van der Waals surface area contributed by atoms with Crippen LogP contribution in [0.1, 0.15) is 34.6 Å². The van der Waals surface area contributed by atoms with E-state index in [1.54, 1.807) is 32.7 Å². The summed E-state index contributed by atoms with van der Waals surface area (Å²) in [7, 11) is 3.20. The van der Waals surface area contributed by atoms with Gasteiger partial charge in [-0.3, -0.25) is 9.67 Å². The van der Waals surface area contributed by atoms with E-state index in [0.717, 1.165) is 17.8 Å². The quantitative estimate of drug-likeness (QED) is 0.209. The average Bonchev–Trinajstić information content (AvgIpc) is 3.45. The topological polar surface area (TPSA) is 117 Å². The lowest BCUT2D eigenvalue weighted by Crippen LogP contribution is -2.33. The zero-order valence-corrected chi connectivity index (χ0v) is 25.5. The van der Waals surface area contributed by atoms with Crippen molar-refractivity contribution in [1.29, 1.82) is 0 Å². The molecule has 0 radical (unpaired) electrons. The fraction of sp³-hybridized carbons (Fsp3) is 0.484. The average molecular weight is 579 g/mol. The van der Waals surface area contributed by atoms with Crippen LogP contribution in [0.15, 0.2) is 48.9 Å². The predicted molar refractivity (Wildman–Crippen MR) is 162 cm³/mol. The predicted octanol–water partition coefficient (Wildman–Crippen LogP) is 4.89. The van der Waals surface area contributed by atoms with Gasteiger partial charge >= 0.3 is 0 Å². The minimum atomic E-state index is -0.779. The summed E-state index contributed by atoms with van der Waals surface area (Å²) in [6.45, 7) is 11.9. The normalized spacial score (nSPS) is 13.1. The lowest BCUT2D eigenvalue weighted by Gasteiger charge is -2.27. The lowest BCUT2D eigenvalue weighted by atomic mass is 10.2. The van der Waals surface area contributed by atoms with E-state index in [1.165, 1.54) is 0 Å². The van der Waals surface area contributed by atoms with Crippen LogP contribution in [0.4, 0.5) is 11.5 Å². The van der Waals surface area contributed by atoms with E-state index in [1.807, 2.05) is 67.7 Å². The van der Waals surface area contributed by atoms with Crippen LogP contribution in [-0.2, 0) is 16.0 Å². The number of fused-ring (bicyclic) bond motifs is 1. The Hall–Kier alpha value is -3.80. The van der Waals surface area contributed by atoms with E-state index in [9.17, 15) is 5.11 Å². The van der Waals surface area contributed by atoms with Crippen molar-refractivity contribution in [2.45, 2.75) is 59.5 Å². The van der Waals surface area contributed by atoms with Gasteiger partial charge in [-0.1, -0.05) is 6.92 Å². The molecule has 4 aromatic rings. The molecule has 0 amide bonds. The van der Waals surface area contributed by atoms with Crippen LogP contribution < -0.4 is 14.4 Å². The van der Waals surface area contributed by atoms with Gasteiger partial charge in [-0.15, -0.1) is 0 Å². The van der Waals surface area contributed by atoms with Crippen LogP contribution in [0.5, 0.6) is 11.5 Å². The van der Waals surface area contributed by atoms with E-state index in [4.69, 9.17) is 28.9 Å². The van der Waals surface area contributed by atoms with Crippen molar-refractivity contribution >= 4 is 22.7 Å². The molecular formula is C31H42N6O5. The SMILES string of the molecule is COc1cc(OC)cc(N(CC(O)COC(C)C)c2ccc3ncc(-c4cnn(CC(C)COC(C)C)c4)nc3n2)c1. The number of rotatable bonds is 15. The zero-order valence-electron chi connectivity index (χ0n) is 25.5. The summed E-state index contributed by atoms with van der Waals surface area (Å²) in [5.41, 5.74) is 3.39. The summed E-state index contributed by atoms with van der Waals surface area (Å²) >= 11 is 0. The zero-order chi connectivity index (χ0) is 30.2. The van der Waals surface area contributed by atoms with Gasteiger partial charge in [0.1, 0.15) is 22.8 Å². The second-order valence-electron chi connectivity index (χ2n) is 10.9. The molecule has 3 aromatic heterocycles. The van der Waals surface area contributed by atoms with Crippen molar-refractivity contribution in [3.05, 3.63) is 48.9 Å². The van der Waals surface area contributed by atoms with Crippen molar-refractivity contribution in [2.75, 3.05) is 38.9 Å². The van der Waals surface area contributed by atoms with Gasteiger partial charge in [0.25, 0.3) is 0 Å². The Balaban J connectivity index is 1.65. The fourth-order valence-corrected chi connectivity index (χ4v) is 4.35. The molecule has 0 bridgehead atoms. The number of aliphatic hydroxyl groups excluding tert-OH is 1. The number of benzene rings is 1. The summed E-state index contributed by atoms with van der Waals surface area (Å²) in [5.74, 6) is 2.14. The van der Waals surface area contributed by atoms with Crippen molar-refractivity contribution < 1.29 is 24.1 Å². The maximum absolute atomic E-state index is 10.9. The molecule has 11 nitrogen and oxygen atoms in total. The Morgan fingerprint density at radius 3 is 2.24 bits per heavy atom. The van der Waals surface area contributed by atoms with Crippen LogP contribution in [0, 0.1) is 5.92 Å². The summed E-state index contributed by atoms with van der Waals surface area (Å²) in [6, 6.07) is 9.26. The van der Waals surface area contributed by atoms with E-state index < -0.39 is 6.10 Å². The highest BCUT2D eigenvalue weighted by Crippen LogP contribution is 2.33. The molecule has 0 fully saturated rings. The van der Waals surface area contributed by atoms with Gasteiger partial charge < -0.3 is 29.0 Å². The number of nitrogens with zero attached hydrogens (tertiary/aromatic N) is 6. The minimum Gasteiger partial charge on any atom is -0.497 e. The summed E-state index contributed by atoms with van der Waals surface area (Å²) < 4.78 is 24.3. The number of aliphatic hydroxyl groups is 1. The molecule has 2 unspecified atom stereocenters. The van der Waals surface area contributed by atoms with Gasteiger partial charge in [0, 0.05) is 42.2 Å². The van der Waals surface area contributed by atoms with Crippen LogP contribution in [0.25, 0.3) is 22.4 Å². The summed E-state index contributed by atoms with van der Waals surface area (Å²) in [6.07, 6.45) is 4.90. The highest BCUT2D eigenvalue weighted by Gasteiger charge is 2.20. The first-order valence-electron chi connectivity index (χ1n) is 14.2. The molecule has 0 saturated carbocycles. The molecule has 0 spiro atoms. The molecular weight excluding hydrogens is 536 g/mol. The number of aromatic nitrogens is 5. The third-order valence-corrected chi connectivity index (χ3v) is 6.47. The lowest BCUT2D eigenvalue weighted by molar-refractivity contribution is 0.00962. The van der Waals surface area contributed by atoms with E-state index in [-0.39, 0.29) is 25.4 Å². The van der Waals surface area contributed by atoms with E-state index in [2.05, 4.69) is 17.0 Å². The van der Waals surface area contributed by atoms with Gasteiger partial charge in [0.15, 0.2) is 5.65 Å². The maximum Gasteiger partial charge on any atom is 0.180 e. The van der Waals surface area contributed by atoms with Crippen LogP contribution >= 0.6 is 0 Å². The smallest absolute Gasteiger partial charge is 0.180 e. The Kier molecular flexibility index (Phi) is 10.7. The highest BCUT2D eigenvalue weighted by atomic mass is 16.5. The number of ether oxygens (including phenoxy) is 4. The molecule has 3 heterocycles. The molecule has 1 N–H and O–H groups in total. The van der Waals surface area contributed by atoms with Crippen molar-refractivity contribution in [3.8, 4) is 22.8 Å². The largest absolute Gasteiger partial charge is 0.497 e. The van der Waals surface area contributed by atoms with Gasteiger partial charge in [-0.05, 0) is 45.7 Å². The Labute approximate surface area is 247 Å². The molecule has 1 aromatic carbocycles. The van der Waals surface area contributed by atoms with Gasteiger partial charge in [0.2, 0.25) is 0 Å². The van der Waals surface area contributed by atoms with Crippen LogP contribution in [0.3, 0.4) is 0 Å². The van der Waals surface area contributed by atoms with Crippen molar-refractivity contribution in [3.63, 3.8) is 0 Å². The Bertz CT molecular complexity index is 1420. The number of anilines is 2. The molecule has 2 atom stereocenters. The molecule has 42 heavy (non-hydrogen) atoms. The number of hydrogen-bond donors (Lipinski definition) is 1. The molecule has 11 heteroatoms. The number of pyridine rings is 1. The van der Waals surface area contributed by atoms with Crippen LogP contribution in [0.2, 0.25) is 0 Å². The third-order valence-electron chi connectivity index (χ3n) is 6.47. The number of methoxy groups -OCH3 is 2. The second-order valence-corrected chi connectivity index (χ2v) is 10.9. The number of hydrogen-bond acceptors (Lipinski definition) is 10. The minimum absolute atomic E-state index is 0.00144. The third kappa shape index (κ3) is 8.37. The highest BCUT2D eigenvalue weighted by molar-refractivity contribution is 5.77. The standard InChI is InChI=1S/C31H42N6O5/c1-20(2)41-18-22(5)15-36-16-23(13-33-36)29-14-32-28-8-9-30(35-31(28)34-29)37(17-25(38)19-42-21(3)4)24-10-26(39-6)12-27(11-24)40-7/h8-14,16,20-22,25,38H,15,17-19H2,1-7H3. The molecule has 0 aliphatic heterocycles. The molecule has 0 aliphatic rings. The molecule has 0 aliphatic carbocycles. The molecule has 0 saturated heterocycles. The van der Waals surface area contributed by atoms with Gasteiger partial charge in [-0.2, -0.15) is 5.10 Å². The van der Waals surface area contributed by atoms with Gasteiger partial charge in [-0.25, -0.2) is 9.97 Å². The first-order valence-corrected chi connectivity index (χ1v) is 14.2. The summed E-state index contributed by atoms with van der Waals surface area (Å²) in [5, 5.41) is 15.4. The Morgan fingerprint density at radius 1 is 0.881 bits per heavy atom.